The van der Waals surface area contributed by atoms with Gasteiger partial charge in [0.05, 0.1) is 6.20 Å². The normalized spacial score (nSPS) is 20.0. The van der Waals surface area contributed by atoms with Gasteiger partial charge in [-0.25, -0.2) is 14.2 Å². The average Bonchev–Trinajstić information content (AvgIpc) is 3.46. The molecule has 180 valence electrons. The molecule has 15 heteroatoms. The second-order valence-electron chi connectivity index (χ2n) is 7.57. The molecule has 5 rings (SSSR count). The maximum absolute atomic E-state index is 13.0. The van der Waals surface area contributed by atoms with E-state index in [1.54, 1.807) is 16.4 Å². The van der Waals surface area contributed by atoms with Crippen molar-refractivity contribution in [2.75, 3.05) is 18.6 Å². The highest BCUT2D eigenvalue weighted by Crippen LogP contribution is 2.40. The van der Waals surface area contributed by atoms with Crippen molar-refractivity contribution in [3.63, 3.8) is 0 Å². The van der Waals surface area contributed by atoms with Gasteiger partial charge in [0.1, 0.15) is 36.5 Å². The van der Waals surface area contributed by atoms with Crippen molar-refractivity contribution in [2.45, 2.75) is 18.0 Å². The first-order valence-corrected chi connectivity index (χ1v) is 12.2. The summed E-state index contributed by atoms with van der Waals surface area (Å²) in [4.78, 5) is 48.0. The molecule has 0 bridgehead atoms. The fourth-order valence-corrected chi connectivity index (χ4v) is 5.83. The van der Waals surface area contributed by atoms with Gasteiger partial charge >= 0.3 is 5.97 Å². The first-order valence-electron chi connectivity index (χ1n) is 10.2. The molecule has 2 atom stereocenters. The van der Waals surface area contributed by atoms with Crippen molar-refractivity contribution in [2.24, 2.45) is 5.16 Å². The van der Waals surface area contributed by atoms with Gasteiger partial charge in [-0.2, -0.15) is 0 Å². The van der Waals surface area contributed by atoms with Gasteiger partial charge in [0, 0.05) is 27.9 Å². The number of carboxylic acid groups (broad SMARTS) is 1. The van der Waals surface area contributed by atoms with Crippen molar-refractivity contribution in [1.82, 2.24) is 25.0 Å². The molecule has 1 saturated heterocycles. The van der Waals surface area contributed by atoms with Gasteiger partial charge in [0.25, 0.3) is 23.8 Å². The monoisotopic (exact) mass is 515 g/mol. The predicted molar refractivity (Wildman–Crippen MR) is 125 cm³/mol. The van der Waals surface area contributed by atoms with Gasteiger partial charge in [-0.1, -0.05) is 11.2 Å². The van der Waals surface area contributed by atoms with Crippen molar-refractivity contribution in [3.05, 3.63) is 53.1 Å². The number of aliphatic carboxylic acids is 1. The van der Waals surface area contributed by atoms with Crippen LogP contribution in [0, 0.1) is 0 Å². The standard InChI is InChI=1S/C20H18N8O5S2/c1-33-25-13(11-8-35-20(21)23-11)16(29)24-14-17(30)28-15(19(31)32)10(7-34-18(14)28)6-27-12-4-2-3-5-26(12)9-22-27/h2-5,8-9,14,18H,6-7H2,1H3,(H3-,21,23,24,29,31,32)/p+1/b25-13-/t14-,18-/m1/s1. The van der Waals surface area contributed by atoms with E-state index >= 15 is 0 Å². The Hall–Kier alpha value is -3.98. The van der Waals surface area contributed by atoms with E-state index in [4.69, 9.17) is 10.6 Å². The SMILES string of the molecule is CO/N=C(\C(=O)N[C@@H]1C(=O)N2C(C(=O)O)=C(Cn3nc[n+]4ccccc34)CS[C@H]12)c1csc(N)n1. The van der Waals surface area contributed by atoms with E-state index in [0.717, 1.165) is 17.0 Å². The van der Waals surface area contributed by atoms with Gasteiger partial charge in [0.2, 0.25) is 0 Å². The zero-order valence-electron chi connectivity index (χ0n) is 18.2. The Kier molecular flexibility index (Phi) is 5.86. The van der Waals surface area contributed by atoms with Gasteiger partial charge in [0.15, 0.2) is 10.8 Å². The topological polar surface area (TPSA) is 169 Å². The minimum atomic E-state index is -1.22. The Morgan fingerprint density at radius 1 is 1.43 bits per heavy atom. The molecular formula is C20H19N8O5S2+. The van der Waals surface area contributed by atoms with E-state index in [2.05, 4.69) is 20.6 Å². The number of β-lactam (4-membered cyclic amide) rings is 1. The van der Waals surface area contributed by atoms with Crippen LogP contribution in [-0.2, 0) is 25.8 Å². The summed E-state index contributed by atoms with van der Waals surface area (Å²) in [5.74, 6) is -2.07. The zero-order chi connectivity index (χ0) is 24.7. The summed E-state index contributed by atoms with van der Waals surface area (Å²) >= 11 is 2.49. The molecule has 0 aliphatic carbocycles. The molecule has 0 unspecified atom stereocenters. The van der Waals surface area contributed by atoms with Gasteiger partial charge in [-0.3, -0.25) is 14.5 Å². The van der Waals surface area contributed by atoms with Crippen molar-refractivity contribution in [3.8, 4) is 0 Å². The number of hydrogen-bond donors (Lipinski definition) is 3. The maximum atomic E-state index is 13.0. The van der Waals surface area contributed by atoms with Gasteiger partial charge in [-0.05, 0) is 6.07 Å². The highest BCUT2D eigenvalue weighted by Gasteiger charge is 2.54. The van der Waals surface area contributed by atoms with Crippen LogP contribution in [0.5, 0.6) is 0 Å². The van der Waals surface area contributed by atoms with E-state index in [1.165, 1.54) is 23.8 Å². The van der Waals surface area contributed by atoms with Crippen molar-refractivity contribution < 1.29 is 28.7 Å². The number of rotatable bonds is 7. The summed E-state index contributed by atoms with van der Waals surface area (Å²) in [5, 5.41) is 21.8. The number of carbonyl (C=O) groups excluding carboxylic acids is 2. The summed E-state index contributed by atoms with van der Waals surface area (Å²) in [6, 6.07) is 4.66. The first-order chi connectivity index (χ1) is 16.9. The Balaban J connectivity index is 1.37. The molecule has 1 fully saturated rings. The van der Waals surface area contributed by atoms with Gasteiger partial charge < -0.3 is 21.0 Å². The van der Waals surface area contributed by atoms with Crippen LogP contribution in [-0.4, -0.2) is 72.5 Å². The smallest absolute Gasteiger partial charge is 0.352 e. The number of anilines is 1. The third-order valence-corrected chi connectivity index (χ3v) is 7.50. The molecule has 2 amide bonds. The number of nitrogens with zero attached hydrogens (tertiary/aromatic N) is 6. The Bertz CT molecular complexity index is 1410. The summed E-state index contributed by atoms with van der Waals surface area (Å²) in [6.45, 7) is 0.207. The summed E-state index contributed by atoms with van der Waals surface area (Å²) < 4.78 is 3.49. The number of carbonyl (C=O) groups is 3. The van der Waals surface area contributed by atoms with E-state index in [-0.39, 0.29) is 28.8 Å². The highest BCUT2D eigenvalue weighted by atomic mass is 32.2. The number of nitrogens with two attached hydrogens (primary N) is 1. The van der Waals surface area contributed by atoms with Crippen LogP contribution in [0.1, 0.15) is 5.69 Å². The van der Waals surface area contributed by atoms with Crippen LogP contribution in [0.3, 0.4) is 0 Å². The number of pyridine rings is 1. The third kappa shape index (κ3) is 3.97. The quantitative estimate of drug-likeness (QED) is 0.162. The molecule has 4 N–H and O–H groups in total. The number of nitrogens with one attached hydrogen (secondary N) is 1. The number of amides is 2. The van der Waals surface area contributed by atoms with Crippen molar-refractivity contribution >= 4 is 57.4 Å². The molecule has 3 aromatic heterocycles. The lowest BCUT2D eigenvalue weighted by Crippen LogP contribution is -2.71. The number of oxime groups is 1. The van der Waals surface area contributed by atoms with Crippen LogP contribution in [0.4, 0.5) is 5.13 Å². The predicted octanol–water partition coefficient (Wildman–Crippen LogP) is -0.550. The molecule has 2 aliphatic rings. The van der Waals surface area contributed by atoms with Crippen LogP contribution in [0.25, 0.3) is 5.65 Å². The summed E-state index contributed by atoms with van der Waals surface area (Å²) in [7, 11) is 1.28. The minimum absolute atomic E-state index is 0.0908. The van der Waals surface area contributed by atoms with E-state index in [1.807, 2.05) is 28.8 Å². The lowest BCUT2D eigenvalue weighted by Gasteiger charge is -2.49. The molecule has 2 aliphatic heterocycles. The van der Waals surface area contributed by atoms with Crippen LogP contribution < -0.4 is 15.5 Å². The number of fused-ring (bicyclic) bond motifs is 2. The number of nitrogen functional groups attached to an aromatic ring is 1. The largest absolute Gasteiger partial charge is 0.477 e. The molecule has 0 spiro atoms. The lowest BCUT2D eigenvalue weighted by atomic mass is 10.0. The number of thioether (sulfide) groups is 1. The van der Waals surface area contributed by atoms with Crippen molar-refractivity contribution in [1.29, 1.82) is 0 Å². The summed E-state index contributed by atoms with van der Waals surface area (Å²) in [6.07, 6.45) is 3.47. The second-order valence-corrected chi connectivity index (χ2v) is 9.56. The lowest BCUT2D eigenvalue weighted by molar-refractivity contribution is -0.512. The number of thiazole rings is 1. The number of aromatic nitrogens is 4. The highest BCUT2D eigenvalue weighted by molar-refractivity contribution is 8.00. The van der Waals surface area contributed by atoms with E-state index in [9.17, 15) is 19.5 Å². The fourth-order valence-electron chi connectivity index (χ4n) is 3.95. The molecule has 0 aromatic carbocycles. The minimum Gasteiger partial charge on any atom is -0.477 e. The Morgan fingerprint density at radius 2 is 2.26 bits per heavy atom. The second kappa shape index (κ2) is 8.99. The number of carboxylic acids is 1. The first kappa shape index (κ1) is 22.8. The molecule has 0 saturated carbocycles. The van der Waals surface area contributed by atoms with Crippen LogP contribution in [0.2, 0.25) is 0 Å². The molecule has 0 radical (unpaired) electrons. The van der Waals surface area contributed by atoms with E-state index in [0.29, 0.717) is 11.3 Å². The fraction of sp³-hybridized carbons (Fsp3) is 0.250. The zero-order valence-corrected chi connectivity index (χ0v) is 19.8. The van der Waals surface area contributed by atoms with Crippen LogP contribution >= 0.6 is 23.1 Å². The average molecular weight is 516 g/mol. The Morgan fingerprint density at radius 3 is 2.97 bits per heavy atom. The Labute approximate surface area is 205 Å². The maximum Gasteiger partial charge on any atom is 0.352 e. The molecular weight excluding hydrogens is 496 g/mol. The molecule has 3 aromatic rings. The van der Waals surface area contributed by atoms with E-state index < -0.39 is 29.2 Å². The van der Waals surface area contributed by atoms with Gasteiger partial charge in [-0.15, -0.1) is 27.8 Å². The number of hydrogen-bond acceptors (Lipinski definition) is 10. The van der Waals surface area contributed by atoms with Crippen LogP contribution in [0.15, 0.2) is 52.5 Å². The summed E-state index contributed by atoms with van der Waals surface area (Å²) in [5.41, 5.74) is 6.96. The third-order valence-electron chi connectivity index (χ3n) is 5.49. The molecule has 13 nitrogen and oxygen atoms in total. The molecule has 35 heavy (non-hydrogen) atoms. The molecule has 5 heterocycles.